The lowest BCUT2D eigenvalue weighted by Crippen LogP contribution is -3.13. The fraction of sp³-hybridized carbons (Fsp3) is 0.529. The lowest BCUT2D eigenvalue weighted by atomic mass is 9.89. The minimum atomic E-state index is 0.749. The second-order valence-corrected chi connectivity index (χ2v) is 7.20. The molecule has 2 atom stereocenters. The molecule has 0 bridgehead atoms. The van der Waals surface area contributed by atoms with Crippen LogP contribution in [0.5, 0.6) is 0 Å². The Morgan fingerprint density at radius 2 is 2.30 bits per heavy atom. The number of hydrogen-bond donors (Lipinski definition) is 1. The van der Waals surface area contributed by atoms with Crippen molar-refractivity contribution in [3.8, 4) is 0 Å². The molecule has 0 saturated heterocycles. The van der Waals surface area contributed by atoms with Crippen molar-refractivity contribution < 1.29 is 4.90 Å². The quantitative estimate of drug-likeness (QED) is 0.865. The molecule has 1 aliphatic heterocycles. The third-order valence-electron chi connectivity index (χ3n) is 5.14. The number of fused-ring (bicyclic) bond motifs is 3. The van der Waals surface area contributed by atoms with E-state index in [-0.39, 0.29) is 0 Å². The summed E-state index contributed by atoms with van der Waals surface area (Å²) in [5.41, 5.74) is 4.77. The zero-order valence-corrected chi connectivity index (χ0v) is 13.7. The third-order valence-corrected chi connectivity index (χ3v) is 5.64. The first-order valence-electron chi connectivity index (χ1n) is 7.94. The van der Waals surface area contributed by atoms with Crippen molar-refractivity contribution in [2.45, 2.75) is 45.2 Å². The molecule has 20 heavy (non-hydrogen) atoms. The summed E-state index contributed by atoms with van der Waals surface area (Å²) in [6, 6.07) is 7.58. The summed E-state index contributed by atoms with van der Waals surface area (Å²) in [7, 11) is 0. The fourth-order valence-corrected chi connectivity index (χ4v) is 4.75. The molecule has 2 aliphatic rings. The van der Waals surface area contributed by atoms with Crippen LogP contribution in [0.2, 0.25) is 0 Å². The highest BCUT2D eigenvalue weighted by Gasteiger charge is 2.37. The van der Waals surface area contributed by atoms with E-state index in [1.807, 2.05) is 4.90 Å². The number of nitrogens with one attached hydrogen (secondary N) is 1. The van der Waals surface area contributed by atoms with E-state index in [0.717, 1.165) is 6.04 Å². The maximum absolute atomic E-state index is 3.64. The molecule has 2 heterocycles. The van der Waals surface area contributed by atoms with Gasteiger partial charge in [-0.2, -0.15) is 0 Å². The Morgan fingerprint density at radius 3 is 3.15 bits per heavy atom. The number of halogens is 1. The number of hydrogen-bond acceptors (Lipinski definition) is 0. The largest absolute Gasteiger partial charge is 0.334 e. The van der Waals surface area contributed by atoms with Crippen LogP contribution in [0.3, 0.4) is 0 Å². The highest BCUT2D eigenvalue weighted by molar-refractivity contribution is 9.10. The van der Waals surface area contributed by atoms with Gasteiger partial charge in [-0.1, -0.05) is 22.9 Å². The molecule has 4 rings (SSSR count). The summed E-state index contributed by atoms with van der Waals surface area (Å²) in [6.45, 7) is 6.14. The minimum Gasteiger partial charge on any atom is -0.334 e. The molecular formula is C17H22BrN2+. The van der Waals surface area contributed by atoms with Crippen LogP contribution in [0.1, 0.15) is 43.5 Å². The van der Waals surface area contributed by atoms with Crippen molar-refractivity contribution in [2.75, 3.05) is 13.1 Å². The third kappa shape index (κ3) is 1.79. The molecule has 1 N–H and O–H groups in total. The molecule has 2 aromatic rings. The molecule has 106 valence electrons. The number of quaternary nitrogens is 1. The van der Waals surface area contributed by atoms with Crippen molar-refractivity contribution in [1.82, 2.24) is 4.57 Å². The lowest BCUT2D eigenvalue weighted by molar-refractivity contribution is -0.937. The Hall–Kier alpha value is -0.800. The van der Waals surface area contributed by atoms with Crippen LogP contribution in [-0.4, -0.2) is 17.7 Å². The number of aromatic nitrogens is 1. The topological polar surface area (TPSA) is 9.37 Å². The first-order chi connectivity index (χ1) is 9.79. The van der Waals surface area contributed by atoms with Gasteiger partial charge in [-0.15, -0.1) is 0 Å². The van der Waals surface area contributed by atoms with Crippen molar-refractivity contribution in [1.29, 1.82) is 0 Å². The summed E-state index contributed by atoms with van der Waals surface area (Å²) in [5.74, 6) is 0. The molecule has 0 fully saturated rings. The van der Waals surface area contributed by atoms with Crippen molar-refractivity contribution in [3.63, 3.8) is 0 Å². The Bertz CT molecular complexity index is 659. The van der Waals surface area contributed by atoms with Crippen LogP contribution < -0.4 is 4.90 Å². The van der Waals surface area contributed by atoms with E-state index in [9.17, 15) is 0 Å². The monoisotopic (exact) mass is 333 g/mol. The highest BCUT2D eigenvalue weighted by Crippen LogP contribution is 2.38. The second kappa shape index (κ2) is 4.88. The predicted octanol–water partition coefficient (Wildman–Crippen LogP) is 3.09. The van der Waals surface area contributed by atoms with Gasteiger partial charge in [0.2, 0.25) is 0 Å². The van der Waals surface area contributed by atoms with Gasteiger partial charge in [-0.3, -0.25) is 0 Å². The summed E-state index contributed by atoms with van der Waals surface area (Å²) in [4.78, 5) is 1.82. The van der Waals surface area contributed by atoms with Gasteiger partial charge in [0.25, 0.3) is 0 Å². The molecule has 0 spiro atoms. The van der Waals surface area contributed by atoms with E-state index in [2.05, 4.69) is 45.6 Å². The van der Waals surface area contributed by atoms with E-state index in [0.29, 0.717) is 0 Å². The van der Waals surface area contributed by atoms with Gasteiger partial charge in [0.15, 0.2) is 0 Å². The van der Waals surface area contributed by atoms with E-state index in [4.69, 9.17) is 0 Å². The average Bonchev–Trinajstić information content (AvgIpc) is 2.78. The standard InChI is InChI=1S/C17H21BrN2/c1-2-8-19-9-10-20-15-7-6-12(18)11-14(15)13-4-3-5-16(19)17(13)20/h6-7,11,16H,2-5,8-10H2,1H3/p+1/t16-/m0/s1. The van der Waals surface area contributed by atoms with Gasteiger partial charge >= 0.3 is 0 Å². The van der Waals surface area contributed by atoms with E-state index in [1.54, 1.807) is 11.3 Å². The smallest absolute Gasteiger partial charge is 0.129 e. The predicted molar refractivity (Wildman–Crippen MR) is 86.3 cm³/mol. The molecule has 1 aromatic heterocycles. The van der Waals surface area contributed by atoms with Crippen LogP contribution in [0.25, 0.3) is 10.9 Å². The van der Waals surface area contributed by atoms with E-state index < -0.39 is 0 Å². The van der Waals surface area contributed by atoms with Crippen LogP contribution >= 0.6 is 15.9 Å². The SMILES string of the molecule is CCC[NH+]1CCn2c3c(c4cc(Br)ccc42)CCC[C@@H]31. The number of aryl methyl sites for hydroxylation is 1. The summed E-state index contributed by atoms with van der Waals surface area (Å²) in [5, 5.41) is 1.50. The van der Waals surface area contributed by atoms with Gasteiger partial charge in [0.1, 0.15) is 6.04 Å². The molecule has 0 radical (unpaired) electrons. The second-order valence-electron chi connectivity index (χ2n) is 6.28. The normalized spacial score (nSPS) is 24.9. The van der Waals surface area contributed by atoms with Gasteiger partial charge in [-0.25, -0.2) is 0 Å². The zero-order chi connectivity index (χ0) is 13.7. The average molecular weight is 334 g/mol. The minimum absolute atomic E-state index is 0.749. The highest BCUT2D eigenvalue weighted by atomic mass is 79.9. The molecule has 3 heteroatoms. The Kier molecular flexibility index (Phi) is 3.15. The maximum Gasteiger partial charge on any atom is 0.129 e. The van der Waals surface area contributed by atoms with Crippen molar-refractivity contribution in [2.24, 2.45) is 0 Å². The molecule has 1 aromatic carbocycles. The zero-order valence-electron chi connectivity index (χ0n) is 12.1. The van der Waals surface area contributed by atoms with Crippen LogP contribution in [0.4, 0.5) is 0 Å². The fourth-order valence-electron chi connectivity index (χ4n) is 4.39. The summed E-state index contributed by atoms with van der Waals surface area (Å²) < 4.78 is 3.84. The van der Waals surface area contributed by atoms with Crippen LogP contribution in [0, 0.1) is 0 Å². The first-order valence-corrected chi connectivity index (χ1v) is 8.74. The van der Waals surface area contributed by atoms with Crippen molar-refractivity contribution in [3.05, 3.63) is 33.9 Å². The lowest BCUT2D eigenvalue weighted by Gasteiger charge is -2.36. The van der Waals surface area contributed by atoms with Gasteiger partial charge in [-0.05, 0) is 43.0 Å². The van der Waals surface area contributed by atoms with Gasteiger partial charge < -0.3 is 9.47 Å². The molecule has 0 saturated carbocycles. The van der Waals surface area contributed by atoms with Crippen LogP contribution in [-0.2, 0) is 13.0 Å². The number of benzene rings is 1. The Morgan fingerprint density at radius 1 is 1.40 bits per heavy atom. The van der Waals surface area contributed by atoms with Gasteiger partial charge in [0, 0.05) is 21.8 Å². The maximum atomic E-state index is 3.64. The number of nitrogens with zero attached hydrogens (tertiary/aromatic N) is 1. The van der Waals surface area contributed by atoms with E-state index >= 15 is 0 Å². The van der Waals surface area contributed by atoms with E-state index in [1.165, 1.54) is 60.7 Å². The molecular weight excluding hydrogens is 312 g/mol. The van der Waals surface area contributed by atoms with Gasteiger partial charge in [0.05, 0.1) is 25.3 Å². The summed E-state index contributed by atoms with van der Waals surface area (Å²) >= 11 is 3.64. The summed E-state index contributed by atoms with van der Waals surface area (Å²) in [6.07, 6.45) is 5.30. The molecule has 1 unspecified atom stereocenters. The Balaban J connectivity index is 1.93. The molecule has 0 amide bonds. The molecule has 2 nitrogen and oxygen atoms in total. The van der Waals surface area contributed by atoms with Crippen molar-refractivity contribution >= 4 is 26.8 Å². The van der Waals surface area contributed by atoms with Crippen LogP contribution in [0.15, 0.2) is 22.7 Å². The first kappa shape index (κ1) is 12.9. The Labute approximate surface area is 128 Å². The molecule has 1 aliphatic carbocycles. The number of rotatable bonds is 2.